The molecule has 3 aromatic rings. The molecule has 0 bridgehead atoms. The van der Waals surface area contributed by atoms with E-state index in [1.807, 2.05) is 71.4 Å². The van der Waals surface area contributed by atoms with E-state index in [1.165, 1.54) is 0 Å². The maximum Gasteiger partial charge on any atom is 0.204 e. The largest absolute Gasteiger partial charge is 0.323 e. The van der Waals surface area contributed by atoms with Gasteiger partial charge >= 0.3 is 0 Å². The predicted octanol–water partition coefficient (Wildman–Crippen LogP) is 3.28. The molecule has 0 aliphatic carbocycles. The molecule has 118 valence electrons. The molecule has 2 aromatic carbocycles. The normalized spacial score (nSPS) is 12.3. The van der Waals surface area contributed by atoms with Crippen LogP contribution in [0.25, 0.3) is 0 Å². The van der Waals surface area contributed by atoms with Crippen LogP contribution in [-0.2, 0) is 10.1 Å². The maximum absolute atomic E-state index is 14.3. The Balaban J connectivity index is 2.32. The van der Waals surface area contributed by atoms with E-state index < -0.39 is 7.14 Å². The van der Waals surface area contributed by atoms with E-state index in [-0.39, 0.29) is 5.54 Å². The third-order valence-electron chi connectivity index (χ3n) is 3.87. The Morgan fingerprint density at radius 1 is 0.870 bits per heavy atom. The van der Waals surface area contributed by atoms with Gasteiger partial charge in [-0.05, 0) is 20.8 Å². The van der Waals surface area contributed by atoms with Crippen molar-refractivity contribution in [1.29, 1.82) is 0 Å². The third-order valence-corrected chi connectivity index (χ3v) is 6.81. The lowest BCUT2D eigenvalue weighted by atomic mass is 10.1. The molecule has 1 heterocycles. The van der Waals surface area contributed by atoms with Crippen LogP contribution in [0.4, 0.5) is 0 Å². The standard InChI is InChI=1S/C19H21N2OP/c1-19(2,3)21-15-14-20-18(21)23(22,16-10-6-4-7-11-16)17-12-8-5-9-13-17/h4-15H,1-3H3. The summed E-state index contributed by atoms with van der Waals surface area (Å²) in [5.74, 6) is 0. The van der Waals surface area contributed by atoms with Crippen LogP contribution in [0.2, 0.25) is 0 Å². The van der Waals surface area contributed by atoms with Crippen LogP contribution < -0.4 is 16.2 Å². The van der Waals surface area contributed by atoms with Gasteiger partial charge in [0.1, 0.15) is 0 Å². The van der Waals surface area contributed by atoms with Gasteiger partial charge in [-0.1, -0.05) is 60.7 Å². The van der Waals surface area contributed by atoms with E-state index in [1.54, 1.807) is 6.20 Å². The summed E-state index contributed by atoms with van der Waals surface area (Å²) in [6.07, 6.45) is 3.65. The van der Waals surface area contributed by atoms with Crippen LogP contribution in [0.5, 0.6) is 0 Å². The zero-order valence-corrected chi connectivity index (χ0v) is 14.6. The van der Waals surface area contributed by atoms with E-state index in [0.717, 1.165) is 10.6 Å². The smallest absolute Gasteiger partial charge is 0.204 e. The highest BCUT2D eigenvalue weighted by Crippen LogP contribution is 2.42. The molecule has 3 rings (SSSR count). The van der Waals surface area contributed by atoms with Crippen molar-refractivity contribution in [3.8, 4) is 0 Å². The number of benzene rings is 2. The summed E-state index contributed by atoms with van der Waals surface area (Å²) >= 11 is 0. The highest BCUT2D eigenvalue weighted by atomic mass is 31.2. The molecule has 0 N–H and O–H groups in total. The van der Waals surface area contributed by atoms with Crippen molar-refractivity contribution in [2.24, 2.45) is 0 Å². The second kappa shape index (κ2) is 5.82. The van der Waals surface area contributed by atoms with E-state index in [0.29, 0.717) is 5.57 Å². The Morgan fingerprint density at radius 3 is 1.78 bits per heavy atom. The van der Waals surface area contributed by atoms with Gasteiger partial charge in [-0.2, -0.15) is 0 Å². The molecule has 0 amide bonds. The maximum atomic E-state index is 14.3. The van der Waals surface area contributed by atoms with E-state index in [9.17, 15) is 4.57 Å². The van der Waals surface area contributed by atoms with Crippen molar-refractivity contribution in [3.05, 3.63) is 73.1 Å². The molecule has 3 nitrogen and oxygen atoms in total. The summed E-state index contributed by atoms with van der Waals surface area (Å²) in [6, 6.07) is 19.3. The summed E-state index contributed by atoms with van der Waals surface area (Å²) in [5, 5.41) is 1.62. The Bertz CT molecular complexity index is 789. The molecule has 0 saturated carbocycles. The highest BCUT2D eigenvalue weighted by molar-refractivity contribution is 7.85. The van der Waals surface area contributed by atoms with E-state index in [4.69, 9.17) is 0 Å². The van der Waals surface area contributed by atoms with Crippen molar-refractivity contribution in [2.75, 3.05) is 0 Å². The Morgan fingerprint density at radius 2 is 1.35 bits per heavy atom. The molecule has 0 spiro atoms. The van der Waals surface area contributed by atoms with Crippen LogP contribution in [0.3, 0.4) is 0 Å². The van der Waals surface area contributed by atoms with Crippen LogP contribution >= 0.6 is 7.14 Å². The summed E-state index contributed by atoms with van der Waals surface area (Å²) in [5.41, 5.74) is 0.438. The molecular weight excluding hydrogens is 303 g/mol. The number of rotatable bonds is 3. The van der Waals surface area contributed by atoms with Crippen molar-refractivity contribution in [2.45, 2.75) is 26.3 Å². The fraction of sp³-hybridized carbons (Fsp3) is 0.211. The molecule has 0 fully saturated rings. The van der Waals surface area contributed by atoms with Crippen molar-refractivity contribution >= 4 is 23.3 Å². The molecule has 0 unspecified atom stereocenters. The Hall–Kier alpha value is -2.12. The lowest BCUT2D eigenvalue weighted by Gasteiger charge is -2.27. The van der Waals surface area contributed by atoms with Crippen LogP contribution in [0, 0.1) is 0 Å². The number of imidazole rings is 1. The van der Waals surface area contributed by atoms with Gasteiger partial charge in [0.2, 0.25) is 7.14 Å². The SMILES string of the molecule is CC(C)(C)n1ccnc1P(=O)(c1ccccc1)c1ccccc1. The van der Waals surface area contributed by atoms with E-state index >= 15 is 0 Å². The zero-order valence-electron chi connectivity index (χ0n) is 13.7. The van der Waals surface area contributed by atoms with Crippen LogP contribution in [0.15, 0.2) is 73.1 Å². The molecular formula is C19H21N2OP. The number of hydrogen-bond donors (Lipinski definition) is 0. The molecule has 23 heavy (non-hydrogen) atoms. The number of aromatic nitrogens is 2. The van der Waals surface area contributed by atoms with Gasteiger partial charge in [-0.25, -0.2) is 4.98 Å². The first-order valence-corrected chi connectivity index (χ1v) is 9.40. The van der Waals surface area contributed by atoms with Gasteiger partial charge in [0.15, 0.2) is 5.57 Å². The summed E-state index contributed by atoms with van der Waals surface area (Å²) in [6.45, 7) is 6.29. The number of nitrogens with zero attached hydrogens (tertiary/aromatic N) is 2. The summed E-state index contributed by atoms with van der Waals surface area (Å²) < 4.78 is 16.3. The average Bonchev–Trinajstić information content (AvgIpc) is 3.06. The summed E-state index contributed by atoms with van der Waals surface area (Å²) in [4.78, 5) is 4.51. The van der Waals surface area contributed by atoms with Crippen molar-refractivity contribution in [3.63, 3.8) is 0 Å². The lowest BCUT2D eigenvalue weighted by Crippen LogP contribution is -2.37. The molecule has 0 aliphatic rings. The zero-order chi connectivity index (χ0) is 16.5. The minimum atomic E-state index is -3.01. The monoisotopic (exact) mass is 324 g/mol. The minimum Gasteiger partial charge on any atom is -0.323 e. The van der Waals surface area contributed by atoms with Gasteiger partial charge in [-0.15, -0.1) is 0 Å². The quantitative estimate of drug-likeness (QED) is 0.693. The van der Waals surface area contributed by atoms with Crippen LogP contribution in [0.1, 0.15) is 20.8 Å². The Labute approximate surface area is 137 Å². The highest BCUT2D eigenvalue weighted by Gasteiger charge is 2.35. The minimum absolute atomic E-state index is 0.189. The second-order valence-corrected chi connectivity index (χ2v) is 9.20. The third kappa shape index (κ3) is 2.77. The molecule has 0 saturated heterocycles. The topological polar surface area (TPSA) is 34.9 Å². The average molecular weight is 324 g/mol. The fourth-order valence-corrected chi connectivity index (χ4v) is 5.55. The first-order valence-electron chi connectivity index (χ1n) is 7.70. The Kier molecular flexibility index (Phi) is 3.99. The van der Waals surface area contributed by atoms with Gasteiger partial charge in [0.05, 0.1) is 0 Å². The predicted molar refractivity (Wildman–Crippen MR) is 96.6 cm³/mol. The molecule has 4 heteroatoms. The lowest BCUT2D eigenvalue weighted by molar-refractivity contribution is 0.405. The van der Waals surface area contributed by atoms with Crippen molar-refractivity contribution < 1.29 is 4.57 Å². The molecule has 0 radical (unpaired) electrons. The van der Waals surface area contributed by atoms with Crippen LogP contribution in [-0.4, -0.2) is 9.55 Å². The fourth-order valence-electron chi connectivity index (χ4n) is 2.71. The second-order valence-electron chi connectivity index (χ2n) is 6.55. The molecule has 0 atom stereocenters. The van der Waals surface area contributed by atoms with Gasteiger partial charge in [0, 0.05) is 28.5 Å². The first-order chi connectivity index (χ1) is 10.9. The number of hydrogen-bond acceptors (Lipinski definition) is 2. The van der Waals surface area contributed by atoms with Gasteiger partial charge in [-0.3, -0.25) is 0 Å². The first kappa shape index (κ1) is 15.8. The van der Waals surface area contributed by atoms with E-state index in [2.05, 4.69) is 25.8 Å². The molecule has 1 aromatic heterocycles. The van der Waals surface area contributed by atoms with Gasteiger partial charge in [0.25, 0.3) is 0 Å². The van der Waals surface area contributed by atoms with Crippen molar-refractivity contribution in [1.82, 2.24) is 9.55 Å². The summed E-state index contributed by atoms with van der Waals surface area (Å²) in [7, 11) is -3.01. The van der Waals surface area contributed by atoms with Gasteiger partial charge < -0.3 is 9.13 Å². The molecule has 0 aliphatic heterocycles.